The number of carbonyl (C=O) groups is 1. The molecule has 132 valence electrons. The Morgan fingerprint density at radius 2 is 2.28 bits per heavy atom. The minimum Gasteiger partial charge on any atom is -0.497 e. The lowest BCUT2D eigenvalue weighted by Gasteiger charge is -2.20. The Bertz CT molecular complexity index is 755. The molecule has 0 radical (unpaired) electrons. The second kappa shape index (κ2) is 6.90. The van der Waals surface area contributed by atoms with E-state index in [1.165, 1.54) is 25.7 Å². The van der Waals surface area contributed by atoms with Crippen LogP contribution in [0.5, 0.6) is 5.75 Å². The monoisotopic (exact) mass is 339 g/mol. The summed E-state index contributed by atoms with van der Waals surface area (Å²) in [4.78, 5) is 12.3. The smallest absolute Gasteiger partial charge is 0.224 e. The molecule has 1 N–H and O–H groups in total. The molecule has 25 heavy (non-hydrogen) atoms. The number of amides is 1. The Labute approximate surface area is 148 Å². The number of nitrogens with one attached hydrogen (secondary N) is 1. The highest BCUT2D eigenvalue weighted by atomic mass is 16.5. The van der Waals surface area contributed by atoms with E-state index >= 15 is 0 Å². The SMILES string of the molecule is COc1cccc(Cn2cc(NC(=O)CC3CC4CCC3C4)cn2)c1. The third-order valence-electron chi connectivity index (χ3n) is 5.73. The zero-order chi connectivity index (χ0) is 17.2. The third kappa shape index (κ3) is 3.70. The minimum absolute atomic E-state index is 0.124. The number of nitrogens with zero attached hydrogens (tertiary/aromatic N) is 2. The zero-order valence-corrected chi connectivity index (χ0v) is 14.6. The lowest BCUT2D eigenvalue weighted by atomic mass is 9.86. The summed E-state index contributed by atoms with van der Waals surface area (Å²) in [7, 11) is 1.66. The van der Waals surface area contributed by atoms with Gasteiger partial charge >= 0.3 is 0 Å². The molecule has 2 aromatic rings. The van der Waals surface area contributed by atoms with Gasteiger partial charge in [-0.1, -0.05) is 18.6 Å². The average Bonchev–Trinajstić information content (AvgIpc) is 3.32. The second-order valence-electron chi connectivity index (χ2n) is 7.47. The number of rotatable bonds is 6. The van der Waals surface area contributed by atoms with Crippen molar-refractivity contribution in [1.29, 1.82) is 0 Å². The lowest BCUT2D eigenvalue weighted by molar-refractivity contribution is -0.117. The van der Waals surface area contributed by atoms with E-state index in [1.54, 1.807) is 13.3 Å². The van der Waals surface area contributed by atoms with Gasteiger partial charge in [0.25, 0.3) is 0 Å². The van der Waals surface area contributed by atoms with E-state index in [1.807, 2.05) is 35.1 Å². The van der Waals surface area contributed by atoms with Crippen molar-refractivity contribution in [3.63, 3.8) is 0 Å². The predicted octanol–water partition coefficient (Wildman–Crippen LogP) is 3.70. The van der Waals surface area contributed by atoms with Crippen molar-refractivity contribution in [2.24, 2.45) is 17.8 Å². The number of methoxy groups -OCH3 is 1. The van der Waals surface area contributed by atoms with Gasteiger partial charge in [0.15, 0.2) is 0 Å². The number of fused-ring (bicyclic) bond motifs is 2. The van der Waals surface area contributed by atoms with Crippen LogP contribution in [0.15, 0.2) is 36.7 Å². The minimum atomic E-state index is 0.124. The molecule has 1 aromatic heterocycles. The summed E-state index contributed by atoms with van der Waals surface area (Å²) in [6, 6.07) is 7.93. The van der Waals surface area contributed by atoms with E-state index in [0.29, 0.717) is 18.9 Å². The van der Waals surface area contributed by atoms with Gasteiger partial charge in [0.2, 0.25) is 5.91 Å². The van der Waals surface area contributed by atoms with Crippen LogP contribution in [-0.4, -0.2) is 22.8 Å². The Morgan fingerprint density at radius 3 is 3.04 bits per heavy atom. The molecule has 3 unspecified atom stereocenters. The van der Waals surface area contributed by atoms with E-state index < -0.39 is 0 Å². The fraction of sp³-hybridized carbons (Fsp3) is 0.500. The molecule has 2 saturated carbocycles. The van der Waals surface area contributed by atoms with Crippen LogP contribution in [0.4, 0.5) is 5.69 Å². The van der Waals surface area contributed by atoms with E-state index in [9.17, 15) is 4.79 Å². The Balaban J connectivity index is 1.32. The molecule has 2 aliphatic rings. The number of ether oxygens (including phenoxy) is 1. The predicted molar refractivity (Wildman–Crippen MR) is 96.5 cm³/mol. The Kier molecular flexibility index (Phi) is 4.47. The first-order chi connectivity index (χ1) is 12.2. The highest BCUT2D eigenvalue weighted by Gasteiger charge is 2.40. The van der Waals surface area contributed by atoms with Gasteiger partial charge < -0.3 is 10.1 Å². The maximum absolute atomic E-state index is 12.3. The molecule has 1 aromatic carbocycles. The average molecular weight is 339 g/mol. The van der Waals surface area contributed by atoms with E-state index in [2.05, 4.69) is 10.4 Å². The first-order valence-corrected chi connectivity index (χ1v) is 9.15. The summed E-state index contributed by atoms with van der Waals surface area (Å²) < 4.78 is 7.08. The summed E-state index contributed by atoms with van der Waals surface area (Å²) >= 11 is 0. The first kappa shape index (κ1) is 16.2. The van der Waals surface area contributed by atoms with Gasteiger partial charge in [-0.2, -0.15) is 5.10 Å². The highest BCUT2D eigenvalue weighted by molar-refractivity contribution is 5.90. The van der Waals surface area contributed by atoms with Crippen LogP contribution in [0, 0.1) is 17.8 Å². The van der Waals surface area contributed by atoms with Crippen molar-refractivity contribution in [2.75, 3.05) is 12.4 Å². The quantitative estimate of drug-likeness (QED) is 0.873. The van der Waals surface area contributed by atoms with E-state index in [-0.39, 0.29) is 5.91 Å². The van der Waals surface area contributed by atoms with Crippen molar-refractivity contribution in [2.45, 2.75) is 38.6 Å². The van der Waals surface area contributed by atoms with Gasteiger partial charge in [0.05, 0.1) is 25.5 Å². The van der Waals surface area contributed by atoms with Crippen LogP contribution in [0.3, 0.4) is 0 Å². The van der Waals surface area contributed by atoms with Gasteiger partial charge in [-0.15, -0.1) is 0 Å². The lowest BCUT2D eigenvalue weighted by Crippen LogP contribution is -2.20. The summed E-state index contributed by atoms with van der Waals surface area (Å²) in [5.41, 5.74) is 1.89. The van der Waals surface area contributed by atoms with Crippen LogP contribution < -0.4 is 10.1 Å². The molecule has 4 rings (SSSR count). The molecule has 0 saturated heterocycles. The van der Waals surface area contributed by atoms with Crippen LogP contribution >= 0.6 is 0 Å². The molecule has 0 aliphatic heterocycles. The first-order valence-electron chi connectivity index (χ1n) is 9.15. The van der Waals surface area contributed by atoms with Gasteiger partial charge in [-0.25, -0.2) is 0 Å². The molecule has 0 spiro atoms. The Hall–Kier alpha value is -2.30. The van der Waals surface area contributed by atoms with Crippen molar-refractivity contribution in [1.82, 2.24) is 9.78 Å². The fourth-order valence-electron chi connectivity index (χ4n) is 4.55. The van der Waals surface area contributed by atoms with E-state index in [0.717, 1.165) is 28.8 Å². The summed E-state index contributed by atoms with van der Waals surface area (Å²) in [6.07, 6.45) is 9.55. The maximum atomic E-state index is 12.3. The van der Waals surface area contributed by atoms with Crippen LogP contribution in [-0.2, 0) is 11.3 Å². The summed E-state index contributed by atoms with van der Waals surface area (Å²) in [5.74, 6) is 3.22. The topological polar surface area (TPSA) is 56.1 Å². The summed E-state index contributed by atoms with van der Waals surface area (Å²) in [6.45, 7) is 0.652. The van der Waals surface area contributed by atoms with Crippen molar-refractivity contribution in [3.05, 3.63) is 42.2 Å². The van der Waals surface area contributed by atoms with E-state index in [4.69, 9.17) is 4.74 Å². The van der Waals surface area contributed by atoms with Crippen molar-refractivity contribution in [3.8, 4) is 5.75 Å². The van der Waals surface area contributed by atoms with Gasteiger partial charge in [0.1, 0.15) is 5.75 Å². The van der Waals surface area contributed by atoms with Crippen LogP contribution in [0.1, 0.15) is 37.7 Å². The third-order valence-corrected chi connectivity index (χ3v) is 5.73. The standard InChI is InChI=1S/C20H25N3O2/c1-25-19-4-2-3-15(9-19)12-23-13-18(11-21-23)22-20(24)10-17-8-14-5-6-16(17)7-14/h2-4,9,11,13-14,16-17H,5-8,10,12H2,1H3,(H,22,24). The molecule has 5 heteroatoms. The number of anilines is 1. The van der Waals surface area contributed by atoms with Gasteiger partial charge in [-0.05, 0) is 54.7 Å². The number of carbonyl (C=O) groups excluding carboxylic acids is 1. The summed E-state index contributed by atoms with van der Waals surface area (Å²) in [5, 5.41) is 7.36. The molecule has 1 heterocycles. The molecule has 2 aliphatic carbocycles. The van der Waals surface area contributed by atoms with Crippen LogP contribution in [0.2, 0.25) is 0 Å². The fourth-order valence-corrected chi connectivity index (χ4v) is 4.55. The molecule has 5 nitrogen and oxygen atoms in total. The van der Waals surface area contributed by atoms with Crippen molar-refractivity contribution >= 4 is 11.6 Å². The molecular weight excluding hydrogens is 314 g/mol. The van der Waals surface area contributed by atoms with Gasteiger partial charge in [-0.3, -0.25) is 9.48 Å². The molecule has 2 fully saturated rings. The normalized spacial score (nSPS) is 24.4. The van der Waals surface area contributed by atoms with Gasteiger partial charge in [0, 0.05) is 12.6 Å². The number of benzene rings is 1. The highest BCUT2D eigenvalue weighted by Crippen LogP contribution is 2.49. The Morgan fingerprint density at radius 1 is 1.36 bits per heavy atom. The number of aromatic nitrogens is 2. The number of hydrogen-bond acceptors (Lipinski definition) is 3. The van der Waals surface area contributed by atoms with Crippen LogP contribution in [0.25, 0.3) is 0 Å². The maximum Gasteiger partial charge on any atom is 0.224 e. The zero-order valence-electron chi connectivity index (χ0n) is 14.6. The van der Waals surface area contributed by atoms with Crippen molar-refractivity contribution < 1.29 is 9.53 Å². The molecule has 3 atom stereocenters. The second-order valence-corrected chi connectivity index (χ2v) is 7.47. The molecule has 2 bridgehead atoms. The molecule has 1 amide bonds. The molecular formula is C20H25N3O2. The largest absolute Gasteiger partial charge is 0.497 e. The number of hydrogen-bond donors (Lipinski definition) is 1.